The van der Waals surface area contributed by atoms with Gasteiger partial charge in [-0.3, -0.25) is 9.69 Å². The first-order valence-corrected chi connectivity index (χ1v) is 10.6. The fourth-order valence-corrected chi connectivity index (χ4v) is 4.73. The van der Waals surface area contributed by atoms with E-state index in [-0.39, 0.29) is 17.2 Å². The number of benzene rings is 1. The van der Waals surface area contributed by atoms with Gasteiger partial charge in [0.05, 0.1) is 12.2 Å². The van der Waals surface area contributed by atoms with Gasteiger partial charge in [-0.25, -0.2) is 4.79 Å². The van der Waals surface area contributed by atoms with Gasteiger partial charge < -0.3 is 14.8 Å². The van der Waals surface area contributed by atoms with Crippen molar-refractivity contribution in [2.75, 3.05) is 25.6 Å². The molecule has 0 radical (unpaired) electrons. The summed E-state index contributed by atoms with van der Waals surface area (Å²) >= 11 is 0.932. The summed E-state index contributed by atoms with van der Waals surface area (Å²) in [7, 11) is 0.445. The third-order valence-corrected chi connectivity index (χ3v) is 6.16. The van der Waals surface area contributed by atoms with E-state index in [0.29, 0.717) is 43.6 Å². The standard InChI is InChI=1S/C21H22F4N2O4S/c1-3-31-18(28)16-14-9-10-27(11-13-7-5-4-6-8-13)12-15(14)32-17(16)26-19(29)20(22,30-2)21(23,24)25/h4-8H,3,9-12H2,1-2H3,(H,26,29)/t20-/m1/s1. The van der Waals surface area contributed by atoms with Crippen molar-refractivity contribution < 1.29 is 36.6 Å². The first-order chi connectivity index (χ1) is 15.1. The van der Waals surface area contributed by atoms with Crippen molar-refractivity contribution in [1.29, 1.82) is 0 Å². The largest absolute Gasteiger partial charge is 0.462 e. The van der Waals surface area contributed by atoms with Crippen LogP contribution in [0.3, 0.4) is 0 Å². The highest BCUT2D eigenvalue weighted by molar-refractivity contribution is 7.17. The monoisotopic (exact) mass is 474 g/mol. The highest BCUT2D eigenvalue weighted by Gasteiger charge is 2.63. The van der Waals surface area contributed by atoms with Crippen LogP contribution < -0.4 is 5.32 Å². The van der Waals surface area contributed by atoms with E-state index in [2.05, 4.69) is 9.64 Å². The molecular formula is C21H22F4N2O4S. The van der Waals surface area contributed by atoms with E-state index in [1.807, 2.05) is 35.6 Å². The smallest absolute Gasteiger partial charge is 0.458 e. The average molecular weight is 474 g/mol. The summed E-state index contributed by atoms with van der Waals surface area (Å²) in [4.78, 5) is 27.5. The third-order valence-electron chi connectivity index (χ3n) is 5.03. The van der Waals surface area contributed by atoms with E-state index in [0.717, 1.165) is 16.9 Å². The molecular weight excluding hydrogens is 452 g/mol. The molecule has 1 atom stereocenters. The number of amides is 1. The SMILES string of the molecule is CCOC(=O)c1c(NC(=O)[C@@](F)(OC)C(F)(F)F)sc2c1CCN(Cc1ccccc1)C2. The predicted molar refractivity (Wildman–Crippen MR) is 110 cm³/mol. The van der Waals surface area contributed by atoms with E-state index < -0.39 is 23.9 Å². The molecule has 32 heavy (non-hydrogen) atoms. The number of fused-ring (bicyclic) bond motifs is 1. The molecule has 2 aromatic rings. The maximum absolute atomic E-state index is 14.3. The summed E-state index contributed by atoms with van der Waals surface area (Å²) in [6, 6.07) is 9.69. The molecule has 3 rings (SSSR count). The molecule has 0 bridgehead atoms. The molecule has 0 fully saturated rings. The Morgan fingerprint density at radius 1 is 1.19 bits per heavy atom. The number of carbonyl (C=O) groups is 2. The van der Waals surface area contributed by atoms with E-state index in [9.17, 15) is 27.2 Å². The van der Waals surface area contributed by atoms with Crippen LogP contribution in [0.4, 0.5) is 22.6 Å². The second kappa shape index (κ2) is 9.55. The first-order valence-electron chi connectivity index (χ1n) is 9.80. The van der Waals surface area contributed by atoms with Crippen molar-refractivity contribution in [2.45, 2.75) is 38.5 Å². The predicted octanol–water partition coefficient (Wildman–Crippen LogP) is 4.30. The number of hydrogen-bond acceptors (Lipinski definition) is 6. The lowest BCUT2D eigenvalue weighted by molar-refractivity contribution is -0.305. The highest BCUT2D eigenvalue weighted by Crippen LogP contribution is 2.40. The molecule has 6 nitrogen and oxygen atoms in total. The Kier molecular flexibility index (Phi) is 7.21. The number of methoxy groups -OCH3 is 1. The minimum Gasteiger partial charge on any atom is -0.462 e. The van der Waals surface area contributed by atoms with Crippen molar-refractivity contribution in [1.82, 2.24) is 4.90 Å². The van der Waals surface area contributed by atoms with Crippen LogP contribution in [-0.4, -0.2) is 49.1 Å². The Morgan fingerprint density at radius 3 is 2.47 bits per heavy atom. The molecule has 11 heteroatoms. The second-order valence-corrected chi connectivity index (χ2v) is 8.23. The molecule has 1 aromatic carbocycles. The van der Waals surface area contributed by atoms with Crippen molar-refractivity contribution in [3.05, 3.63) is 51.9 Å². The lowest BCUT2D eigenvalue weighted by Gasteiger charge is -2.27. The number of thiophene rings is 1. The summed E-state index contributed by atoms with van der Waals surface area (Å²) in [5, 5.41) is 1.72. The van der Waals surface area contributed by atoms with E-state index in [4.69, 9.17) is 4.74 Å². The van der Waals surface area contributed by atoms with Gasteiger partial charge in [-0.2, -0.15) is 17.6 Å². The first kappa shape index (κ1) is 24.1. The number of carbonyl (C=O) groups excluding carboxylic acids is 2. The van der Waals surface area contributed by atoms with Crippen LogP contribution >= 0.6 is 11.3 Å². The van der Waals surface area contributed by atoms with Crippen LogP contribution in [0.5, 0.6) is 0 Å². The second-order valence-electron chi connectivity index (χ2n) is 7.13. The van der Waals surface area contributed by atoms with Gasteiger partial charge in [0.1, 0.15) is 5.00 Å². The van der Waals surface area contributed by atoms with Crippen LogP contribution in [0, 0.1) is 0 Å². The van der Waals surface area contributed by atoms with Crippen LogP contribution in [0.25, 0.3) is 0 Å². The Hall–Kier alpha value is -2.50. The Bertz CT molecular complexity index is 980. The van der Waals surface area contributed by atoms with Gasteiger partial charge >= 0.3 is 23.9 Å². The molecule has 0 saturated carbocycles. The normalized spacial score (nSPS) is 16.2. The average Bonchev–Trinajstić information content (AvgIpc) is 3.10. The van der Waals surface area contributed by atoms with Crippen LogP contribution in [0.1, 0.15) is 33.3 Å². The Balaban J connectivity index is 1.90. The van der Waals surface area contributed by atoms with Gasteiger partial charge in [0.2, 0.25) is 0 Å². The number of alkyl halides is 4. The van der Waals surface area contributed by atoms with Gasteiger partial charge in [-0.1, -0.05) is 30.3 Å². The number of rotatable bonds is 7. The summed E-state index contributed by atoms with van der Waals surface area (Å²) in [5.74, 6) is -7.40. The maximum atomic E-state index is 14.3. The van der Waals surface area contributed by atoms with E-state index in [1.165, 1.54) is 0 Å². The molecule has 1 amide bonds. The van der Waals surface area contributed by atoms with Gasteiger partial charge in [0.25, 0.3) is 0 Å². The number of ether oxygens (including phenoxy) is 2. The lowest BCUT2D eigenvalue weighted by Crippen LogP contribution is -2.52. The fraction of sp³-hybridized carbons (Fsp3) is 0.429. The Labute approximate surface area is 186 Å². The van der Waals surface area contributed by atoms with E-state index in [1.54, 1.807) is 6.92 Å². The van der Waals surface area contributed by atoms with Crippen LogP contribution in [-0.2, 0) is 33.8 Å². The third kappa shape index (κ3) is 4.79. The Morgan fingerprint density at radius 2 is 1.88 bits per heavy atom. The summed E-state index contributed by atoms with van der Waals surface area (Å²) in [6.45, 7) is 3.26. The highest BCUT2D eigenvalue weighted by atomic mass is 32.1. The molecule has 174 valence electrons. The molecule has 0 aliphatic carbocycles. The molecule has 1 aromatic heterocycles. The van der Waals surface area contributed by atoms with Gasteiger partial charge in [-0.05, 0) is 24.5 Å². The van der Waals surface area contributed by atoms with Crippen molar-refractivity contribution in [2.24, 2.45) is 0 Å². The lowest BCUT2D eigenvalue weighted by atomic mass is 10.0. The minimum absolute atomic E-state index is 0.0324. The zero-order valence-electron chi connectivity index (χ0n) is 17.4. The van der Waals surface area contributed by atoms with Gasteiger partial charge in [0.15, 0.2) is 0 Å². The fourth-order valence-electron chi connectivity index (χ4n) is 3.46. The summed E-state index contributed by atoms with van der Waals surface area (Å²) in [6.07, 6.45) is -5.17. The van der Waals surface area contributed by atoms with Crippen molar-refractivity contribution in [3.8, 4) is 0 Å². The number of nitrogens with zero attached hydrogens (tertiary/aromatic N) is 1. The quantitative estimate of drug-likeness (QED) is 0.479. The summed E-state index contributed by atoms with van der Waals surface area (Å²) in [5.41, 5.74) is 1.63. The number of esters is 1. The molecule has 0 spiro atoms. The minimum atomic E-state index is -5.60. The van der Waals surface area contributed by atoms with Gasteiger partial charge in [0, 0.05) is 31.6 Å². The number of halogens is 4. The van der Waals surface area contributed by atoms with Gasteiger partial charge in [-0.15, -0.1) is 11.3 Å². The molecule has 2 heterocycles. The molecule has 1 aliphatic rings. The summed E-state index contributed by atoms with van der Waals surface area (Å²) < 4.78 is 62.4. The topological polar surface area (TPSA) is 67.9 Å². The van der Waals surface area contributed by atoms with Crippen molar-refractivity contribution in [3.63, 3.8) is 0 Å². The molecule has 0 saturated heterocycles. The molecule has 0 unspecified atom stereocenters. The number of anilines is 1. The van der Waals surface area contributed by atoms with E-state index >= 15 is 0 Å². The van der Waals surface area contributed by atoms with Crippen LogP contribution in [0.2, 0.25) is 0 Å². The zero-order chi connectivity index (χ0) is 23.5. The molecule has 1 aliphatic heterocycles. The maximum Gasteiger partial charge on any atom is 0.458 e. The zero-order valence-corrected chi connectivity index (χ0v) is 18.2. The van der Waals surface area contributed by atoms with Crippen molar-refractivity contribution >= 4 is 28.2 Å². The number of hydrogen-bond donors (Lipinski definition) is 1. The molecule has 1 N–H and O–H groups in total. The van der Waals surface area contributed by atoms with Crippen LogP contribution in [0.15, 0.2) is 30.3 Å². The number of nitrogens with one attached hydrogen (secondary N) is 1.